The number of rotatable bonds is 10. The Balaban J connectivity index is 1.88. The number of carboxylic acids is 1. The number of nitrogens with one attached hydrogen (secondary N) is 2. The van der Waals surface area contributed by atoms with Crippen molar-refractivity contribution in [3.63, 3.8) is 0 Å². The van der Waals surface area contributed by atoms with E-state index in [1.807, 2.05) is 30.3 Å². The fourth-order valence-electron chi connectivity index (χ4n) is 4.34. The highest BCUT2D eigenvalue weighted by Crippen LogP contribution is 2.25. The average molecular weight is 527 g/mol. The lowest BCUT2D eigenvalue weighted by Crippen LogP contribution is -2.61. The topological polar surface area (TPSA) is 142 Å². The van der Waals surface area contributed by atoms with Crippen LogP contribution in [0.4, 0.5) is 0 Å². The third-order valence-corrected chi connectivity index (χ3v) is 6.89. The molecule has 1 aliphatic rings. The lowest BCUT2D eigenvalue weighted by molar-refractivity contribution is -0.147. The summed E-state index contributed by atoms with van der Waals surface area (Å²) in [6.07, 6.45) is 0.325. The number of aliphatic carboxylic acids is 1. The number of thiol groups is 1. The van der Waals surface area contributed by atoms with Crippen molar-refractivity contribution in [1.29, 1.82) is 0 Å². The van der Waals surface area contributed by atoms with Gasteiger partial charge in [0.1, 0.15) is 18.1 Å². The van der Waals surface area contributed by atoms with Gasteiger partial charge in [0.25, 0.3) is 0 Å². The van der Waals surface area contributed by atoms with Crippen LogP contribution in [-0.2, 0) is 38.6 Å². The van der Waals surface area contributed by atoms with Crippen molar-refractivity contribution in [1.82, 2.24) is 15.5 Å². The summed E-state index contributed by atoms with van der Waals surface area (Å²) in [6.45, 7) is 3.74. The van der Waals surface area contributed by atoms with E-state index < -0.39 is 47.9 Å². The highest BCUT2D eigenvalue weighted by molar-refractivity contribution is 7.80. The van der Waals surface area contributed by atoms with E-state index in [-0.39, 0.29) is 31.1 Å². The summed E-state index contributed by atoms with van der Waals surface area (Å²) in [5, 5.41) is 15.1. The molecular weight excluding hydrogens is 492 g/mol. The summed E-state index contributed by atoms with van der Waals surface area (Å²) in [5.41, 5.74) is 8.35. The highest BCUT2D eigenvalue weighted by Gasteiger charge is 2.40. The van der Waals surface area contributed by atoms with Gasteiger partial charge in [0.15, 0.2) is 0 Å². The summed E-state index contributed by atoms with van der Waals surface area (Å²) in [7, 11) is 0. The Morgan fingerprint density at radius 3 is 2.24 bits per heavy atom. The van der Waals surface area contributed by atoms with Gasteiger partial charge in [-0.05, 0) is 22.6 Å². The summed E-state index contributed by atoms with van der Waals surface area (Å²) in [4.78, 5) is 53.2. The van der Waals surface area contributed by atoms with Crippen LogP contribution in [0.2, 0.25) is 0 Å². The number of carbonyl (C=O) groups excluding carboxylic acids is 3. The van der Waals surface area contributed by atoms with E-state index in [2.05, 4.69) is 23.3 Å². The second kappa shape index (κ2) is 12.7. The molecule has 198 valence electrons. The van der Waals surface area contributed by atoms with E-state index in [9.17, 15) is 24.3 Å². The second-order valence-electron chi connectivity index (χ2n) is 9.56. The molecule has 0 bridgehead atoms. The Morgan fingerprint density at radius 2 is 1.65 bits per heavy atom. The number of fused-ring (bicyclic) bond motifs is 1. The summed E-state index contributed by atoms with van der Waals surface area (Å²) in [6, 6.07) is 12.6. The lowest BCUT2D eigenvalue weighted by atomic mass is 9.91. The number of nitrogens with zero attached hydrogens (tertiary/aromatic N) is 1. The number of hydrogen-bond acceptors (Lipinski definition) is 6. The number of carbonyl (C=O) groups is 4. The molecule has 0 aromatic heterocycles. The molecule has 0 saturated heterocycles. The fraction of sp³-hybridized carbons (Fsp3) is 0.407. The summed E-state index contributed by atoms with van der Waals surface area (Å²) in [5.74, 6) is -2.83. The van der Waals surface area contributed by atoms with Gasteiger partial charge in [-0.3, -0.25) is 14.4 Å². The van der Waals surface area contributed by atoms with Gasteiger partial charge in [-0.25, -0.2) is 4.79 Å². The van der Waals surface area contributed by atoms with Gasteiger partial charge in [-0.1, -0.05) is 68.4 Å². The summed E-state index contributed by atoms with van der Waals surface area (Å²) < 4.78 is 0. The standard InChI is InChI=1S/C27H34N4O5S/c1-16(2)23(30-24(32)20(28)15-37)26(34)31-14-19-11-7-6-10-18(19)13-22(31)25(33)29-21(27(35)36)12-17-8-4-3-5-9-17/h3-11,16,20-23,37H,12-15,28H2,1-2H3,(H,29,33)(H,30,32)(H,35,36)/t20-,21+,22?,23-/m0/s1. The molecule has 0 radical (unpaired) electrons. The third kappa shape index (κ3) is 7.11. The first-order valence-electron chi connectivity index (χ1n) is 12.2. The van der Waals surface area contributed by atoms with Gasteiger partial charge in [0.05, 0.1) is 6.04 Å². The van der Waals surface area contributed by atoms with E-state index in [1.54, 1.807) is 38.1 Å². The highest BCUT2D eigenvalue weighted by atomic mass is 32.1. The molecule has 3 rings (SSSR count). The maximum atomic E-state index is 13.8. The molecule has 1 unspecified atom stereocenters. The van der Waals surface area contributed by atoms with Crippen LogP contribution >= 0.6 is 12.6 Å². The molecule has 0 aliphatic carbocycles. The van der Waals surface area contributed by atoms with Crippen LogP contribution < -0.4 is 16.4 Å². The molecule has 9 nitrogen and oxygen atoms in total. The number of carboxylic acid groups (broad SMARTS) is 1. The van der Waals surface area contributed by atoms with Crippen molar-refractivity contribution < 1.29 is 24.3 Å². The minimum absolute atomic E-state index is 0.103. The molecule has 0 spiro atoms. The van der Waals surface area contributed by atoms with Crippen molar-refractivity contribution in [3.05, 3.63) is 71.3 Å². The molecule has 3 amide bonds. The Hall–Kier alpha value is -3.37. The van der Waals surface area contributed by atoms with E-state index >= 15 is 0 Å². The minimum atomic E-state index is -1.17. The molecule has 5 N–H and O–H groups in total. The minimum Gasteiger partial charge on any atom is -0.480 e. The van der Waals surface area contributed by atoms with Gasteiger partial charge >= 0.3 is 5.97 Å². The van der Waals surface area contributed by atoms with Crippen LogP contribution in [0.15, 0.2) is 54.6 Å². The summed E-state index contributed by atoms with van der Waals surface area (Å²) >= 11 is 4.06. The first kappa shape index (κ1) is 28.2. The number of amides is 3. The largest absolute Gasteiger partial charge is 0.480 e. The van der Waals surface area contributed by atoms with Crippen LogP contribution in [0.1, 0.15) is 30.5 Å². The van der Waals surface area contributed by atoms with Gasteiger partial charge in [0.2, 0.25) is 17.7 Å². The van der Waals surface area contributed by atoms with Crippen molar-refractivity contribution in [2.24, 2.45) is 11.7 Å². The monoisotopic (exact) mass is 526 g/mol. The van der Waals surface area contributed by atoms with Crippen LogP contribution in [0.25, 0.3) is 0 Å². The molecule has 10 heteroatoms. The van der Waals surface area contributed by atoms with Crippen molar-refractivity contribution in [2.45, 2.75) is 57.4 Å². The predicted octanol–water partition coefficient (Wildman–Crippen LogP) is 1.15. The Kier molecular flexibility index (Phi) is 9.71. The molecule has 2 aromatic carbocycles. The molecule has 4 atom stereocenters. The average Bonchev–Trinajstić information content (AvgIpc) is 2.89. The molecule has 2 aromatic rings. The number of benzene rings is 2. The van der Waals surface area contributed by atoms with Gasteiger partial charge in [-0.15, -0.1) is 0 Å². The van der Waals surface area contributed by atoms with Crippen LogP contribution in [0.3, 0.4) is 0 Å². The van der Waals surface area contributed by atoms with E-state index in [0.29, 0.717) is 0 Å². The van der Waals surface area contributed by atoms with Crippen molar-refractivity contribution in [2.75, 3.05) is 5.75 Å². The van der Waals surface area contributed by atoms with Crippen LogP contribution in [0, 0.1) is 5.92 Å². The van der Waals surface area contributed by atoms with Gasteiger partial charge < -0.3 is 26.4 Å². The first-order chi connectivity index (χ1) is 17.6. The molecule has 1 aliphatic heterocycles. The Bertz CT molecular complexity index is 1130. The van der Waals surface area contributed by atoms with Crippen LogP contribution in [-0.4, -0.2) is 63.6 Å². The zero-order valence-electron chi connectivity index (χ0n) is 21.0. The second-order valence-corrected chi connectivity index (χ2v) is 9.93. The number of nitrogens with two attached hydrogens (primary N) is 1. The third-order valence-electron chi connectivity index (χ3n) is 6.50. The molecule has 37 heavy (non-hydrogen) atoms. The van der Waals surface area contributed by atoms with Crippen molar-refractivity contribution in [3.8, 4) is 0 Å². The van der Waals surface area contributed by atoms with Gasteiger partial charge in [-0.2, -0.15) is 12.6 Å². The van der Waals surface area contributed by atoms with Crippen molar-refractivity contribution >= 4 is 36.3 Å². The van der Waals surface area contributed by atoms with E-state index in [1.165, 1.54) is 4.90 Å². The van der Waals surface area contributed by atoms with E-state index in [0.717, 1.165) is 16.7 Å². The zero-order valence-corrected chi connectivity index (χ0v) is 21.9. The zero-order chi connectivity index (χ0) is 27.1. The quantitative estimate of drug-likeness (QED) is 0.294. The predicted molar refractivity (Wildman–Crippen MR) is 143 cm³/mol. The first-order valence-corrected chi connectivity index (χ1v) is 12.9. The molecular formula is C27H34N4O5S. The Labute approximate surface area is 222 Å². The van der Waals surface area contributed by atoms with Gasteiger partial charge in [0, 0.05) is 25.1 Å². The fourth-order valence-corrected chi connectivity index (χ4v) is 4.51. The lowest BCUT2D eigenvalue weighted by Gasteiger charge is -2.39. The van der Waals surface area contributed by atoms with Crippen LogP contribution in [0.5, 0.6) is 0 Å². The molecule has 1 heterocycles. The molecule has 0 fully saturated rings. The Morgan fingerprint density at radius 1 is 1.03 bits per heavy atom. The normalized spacial score (nSPS) is 17.3. The smallest absolute Gasteiger partial charge is 0.326 e. The SMILES string of the molecule is CC(C)[C@H](NC(=O)[C@@H](N)CS)C(=O)N1Cc2ccccc2CC1C(=O)N[C@H](Cc1ccccc1)C(=O)O. The maximum absolute atomic E-state index is 13.8. The molecule has 0 saturated carbocycles. The number of hydrogen-bond donors (Lipinski definition) is 5. The van der Waals surface area contributed by atoms with E-state index in [4.69, 9.17) is 5.73 Å². The maximum Gasteiger partial charge on any atom is 0.326 e.